The van der Waals surface area contributed by atoms with Crippen molar-refractivity contribution in [3.63, 3.8) is 0 Å². The SMILES string of the molecule is Cl.Cl.[CH3][Zr](=[SiH2])([CH2]CCO)([C]1=CC=CC1)[CH]1c2ccccc2-c2ccccc21. The summed E-state index contributed by atoms with van der Waals surface area (Å²) in [6, 6.07) is 18.0. The standard InChI is InChI=1S/C13H9.C5H5.C3H7O.CH3.2ClH.H2Si.Zr/c1-3-7-12-10(5-1)9-11-6-2-4-8-13(11)12;1-2-4-5-3-1;1-2-3-4;;;;;/h1-9H;1-3H,4H2;4H,1-3H2;1H3;2*1H;1H2;. The van der Waals surface area contributed by atoms with Crippen molar-refractivity contribution < 1.29 is 22.5 Å². The minimum atomic E-state index is -3.35. The molecule has 0 bridgehead atoms. The van der Waals surface area contributed by atoms with E-state index in [1.807, 2.05) is 0 Å². The molecule has 144 valence electrons. The van der Waals surface area contributed by atoms with E-state index >= 15 is 0 Å². The molecule has 0 aliphatic heterocycles. The summed E-state index contributed by atoms with van der Waals surface area (Å²) in [5, 5.41) is 9.62. The molecule has 0 atom stereocenters. The molecule has 0 unspecified atom stereocenters. The average molecular weight is 499 g/mol. The van der Waals surface area contributed by atoms with Crippen molar-refractivity contribution in [2.24, 2.45) is 0 Å². The van der Waals surface area contributed by atoms with Gasteiger partial charge < -0.3 is 0 Å². The van der Waals surface area contributed by atoms with Crippen LogP contribution in [-0.4, -0.2) is 18.6 Å². The molecule has 2 aliphatic rings. The van der Waals surface area contributed by atoms with Crippen molar-refractivity contribution in [2.45, 2.75) is 25.2 Å². The van der Waals surface area contributed by atoms with Crippen LogP contribution >= 0.6 is 24.8 Å². The second kappa shape index (κ2) is 8.51. The molecular formula is C22H28Cl2OSiZr. The summed E-state index contributed by atoms with van der Waals surface area (Å²) in [7, 11) is 0. The number of halogens is 2. The molecule has 0 fully saturated rings. The zero-order chi connectivity index (χ0) is 17.5. The zero-order valence-electron chi connectivity index (χ0n) is 15.7. The number of aliphatic hydroxyl groups excluding tert-OH is 1. The summed E-state index contributed by atoms with van der Waals surface area (Å²) in [4.78, 5) is 0. The molecule has 2 aromatic carbocycles. The number of hydrogen-bond donors (Lipinski definition) is 1. The number of benzene rings is 2. The number of allylic oxidation sites excluding steroid dienone is 4. The Balaban J connectivity index is 0.00000131. The van der Waals surface area contributed by atoms with Crippen LogP contribution in [-0.2, 0) is 17.4 Å². The third-order valence-electron chi connectivity index (χ3n) is 6.44. The van der Waals surface area contributed by atoms with Crippen LogP contribution in [0.25, 0.3) is 11.1 Å². The quantitative estimate of drug-likeness (QED) is 0.538. The predicted octanol–water partition coefficient (Wildman–Crippen LogP) is 5.53. The maximum absolute atomic E-state index is 9.62. The normalized spacial score (nSPS) is 15.4. The molecule has 27 heavy (non-hydrogen) atoms. The molecule has 4 rings (SSSR count). The maximum atomic E-state index is 9.62. The molecule has 1 nitrogen and oxygen atoms in total. The summed E-state index contributed by atoms with van der Waals surface area (Å²) in [6.07, 6.45) is 8.98. The Kier molecular flexibility index (Phi) is 7.20. The summed E-state index contributed by atoms with van der Waals surface area (Å²) in [5.41, 5.74) is 5.90. The minimum absolute atomic E-state index is 0. The van der Waals surface area contributed by atoms with Crippen molar-refractivity contribution in [1.82, 2.24) is 0 Å². The fraction of sp³-hybridized carbons (Fsp3) is 0.273. The second-order valence-corrected chi connectivity index (χ2v) is 35.8. The number of fused-ring (bicyclic) bond motifs is 3. The van der Waals surface area contributed by atoms with Crippen molar-refractivity contribution in [2.75, 3.05) is 6.61 Å². The first-order chi connectivity index (χ1) is 12.1. The first kappa shape index (κ1) is 22.8. The zero-order valence-corrected chi connectivity index (χ0v) is 21.2. The molecule has 0 radical (unpaired) electrons. The Labute approximate surface area is 177 Å². The molecule has 5 heteroatoms. The van der Waals surface area contributed by atoms with Gasteiger partial charge in [-0.1, -0.05) is 0 Å². The predicted molar refractivity (Wildman–Crippen MR) is 121 cm³/mol. The van der Waals surface area contributed by atoms with Crippen LogP contribution in [0.2, 0.25) is 8.76 Å². The van der Waals surface area contributed by atoms with E-state index in [-0.39, 0.29) is 24.8 Å². The van der Waals surface area contributed by atoms with Crippen molar-refractivity contribution in [3.8, 4) is 11.1 Å². The van der Waals surface area contributed by atoms with E-state index in [9.17, 15) is 5.11 Å². The number of aliphatic hydroxyl groups is 1. The first-order valence-electron chi connectivity index (χ1n) is 9.26. The van der Waals surface area contributed by atoms with Gasteiger partial charge >= 0.3 is 154 Å². The molecule has 0 spiro atoms. The van der Waals surface area contributed by atoms with Gasteiger partial charge in [-0.25, -0.2) is 0 Å². The number of rotatable bonds is 5. The Morgan fingerprint density at radius 2 is 1.56 bits per heavy atom. The Bertz CT molecular complexity index is 921. The fourth-order valence-corrected chi connectivity index (χ4v) is 24.9. The van der Waals surface area contributed by atoms with Gasteiger partial charge in [-0.2, -0.15) is 0 Å². The van der Waals surface area contributed by atoms with Crippen molar-refractivity contribution >= 4 is 31.7 Å². The van der Waals surface area contributed by atoms with Gasteiger partial charge in [0.05, 0.1) is 0 Å². The number of hydrogen-bond acceptors (Lipinski definition) is 1. The van der Waals surface area contributed by atoms with Gasteiger partial charge in [0.2, 0.25) is 0 Å². The van der Waals surface area contributed by atoms with Gasteiger partial charge in [-0.05, 0) is 0 Å². The summed E-state index contributed by atoms with van der Waals surface area (Å²) in [6.45, 7) is 2.65. The fourth-order valence-electron chi connectivity index (χ4n) is 5.13. The van der Waals surface area contributed by atoms with Gasteiger partial charge in [0, 0.05) is 0 Å². The molecule has 0 heterocycles. The van der Waals surface area contributed by atoms with Crippen LogP contribution in [0.4, 0.5) is 0 Å². The van der Waals surface area contributed by atoms with E-state index in [2.05, 4.69) is 78.3 Å². The van der Waals surface area contributed by atoms with E-state index in [1.54, 1.807) is 3.28 Å². The van der Waals surface area contributed by atoms with Gasteiger partial charge in [-0.15, -0.1) is 24.8 Å². The summed E-state index contributed by atoms with van der Waals surface area (Å²) in [5.74, 6) is 0. The molecule has 0 saturated heterocycles. The molecule has 0 amide bonds. The van der Waals surface area contributed by atoms with E-state index in [4.69, 9.17) is 0 Å². The van der Waals surface area contributed by atoms with Crippen LogP contribution < -0.4 is 0 Å². The van der Waals surface area contributed by atoms with Crippen LogP contribution in [0, 0.1) is 0 Å². The molecule has 1 N–H and O–H groups in total. The van der Waals surface area contributed by atoms with Gasteiger partial charge in [0.25, 0.3) is 0 Å². The summed E-state index contributed by atoms with van der Waals surface area (Å²) >= 11 is -3.35. The summed E-state index contributed by atoms with van der Waals surface area (Å²) < 4.78 is 6.06. The monoisotopic (exact) mass is 496 g/mol. The van der Waals surface area contributed by atoms with Crippen LogP contribution in [0.5, 0.6) is 0 Å². The van der Waals surface area contributed by atoms with Crippen molar-refractivity contribution in [1.29, 1.82) is 0 Å². The van der Waals surface area contributed by atoms with Crippen molar-refractivity contribution in [3.05, 3.63) is 81.2 Å². The van der Waals surface area contributed by atoms with E-state index in [0.717, 1.165) is 12.8 Å². The molecule has 2 aromatic rings. The Morgan fingerprint density at radius 3 is 2.04 bits per heavy atom. The first-order valence-corrected chi connectivity index (χ1v) is 22.0. The van der Waals surface area contributed by atoms with E-state index in [0.29, 0.717) is 10.2 Å². The van der Waals surface area contributed by atoms with E-state index < -0.39 is 17.4 Å². The van der Waals surface area contributed by atoms with Crippen LogP contribution in [0.3, 0.4) is 0 Å². The molecule has 0 aromatic heterocycles. The third kappa shape index (κ3) is 3.63. The topological polar surface area (TPSA) is 20.2 Å². The Hall–Kier alpha value is -0.440. The van der Waals surface area contributed by atoms with E-state index in [1.165, 1.54) is 26.4 Å². The molecule has 2 aliphatic carbocycles. The van der Waals surface area contributed by atoms with Gasteiger partial charge in [0.1, 0.15) is 0 Å². The van der Waals surface area contributed by atoms with Gasteiger partial charge in [-0.3, -0.25) is 0 Å². The second-order valence-electron chi connectivity index (χ2n) is 8.16. The molecule has 0 saturated carbocycles. The van der Waals surface area contributed by atoms with Crippen LogP contribution in [0.1, 0.15) is 27.6 Å². The Morgan fingerprint density at radius 1 is 1.00 bits per heavy atom. The average Bonchev–Trinajstić information content (AvgIpc) is 3.27. The van der Waals surface area contributed by atoms with Crippen LogP contribution in [0.15, 0.2) is 70.0 Å². The molecular weight excluding hydrogens is 470 g/mol. The van der Waals surface area contributed by atoms with Gasteiger partial charge in [0.15, 0.2) is 0 Å². The third-order valence-corrected chi connectivity index (χ3v) is 29.2.